The van der Waals surface area contributed by atoms with Gasteiger partial charge in [-0.1, -0.05) is 12.1 Å². The van der Waals surface area contributed by atoms with Crippen LogP contribution in [0.25, 0.3) is 11.0 Å². The minimum atomic E-state index is -0.416. The molecule has 6 nitrogen and oxygen atoms in total. The fourth-order valence-corrected chi connectivity index (χ4v) is 2.47. The van der Waals surface area contributed by atoms with Crippen LogP contribution in [0.3, 0.4) is 0 Å². The number of para-hydroxylation sites is 2. The van der Waals surface area contributed by atoms with Crippen LogP contribution in [0.5, 0.6) is 0 Å². The molecule has 0 unspecified atom stereocenters. The molecule has 0 aliphatic carbocycles. The number of amides is 1. The van der Waals surface area contributed by atoms with Crippen molar-refractivity contribution in [3.63, 3.8) is 0 Å². The molecule has 2 aromatic rings. The highest BCUT2D eigenvalue weighted by Gasteiger charge is 2.27. The SMILES string of the molecule is O=C(NCCc1nc2ccccc2[nH]1)[C@H]1C[C@@H](O)CN1. The zero-order valence-electron chi connectivity index (χ0n) is 11.1. The number of β-amino-alcohol motifs (C(OH)–C–C–N with tert-alkyl or cyclic N) is 1. The molecule has 1 fully saturated rings. The zero-order valence-corrected chi connectivity index (χ0v) is 11.1. The van der Waals surface area contributed by atoms with Crippen molar-refractivity contribution in [3.8, 4) is 0 Å². The van der Waals surface area contributed by atoms with Crippen molar-refractivity contribution in [2.45, 2.75) is 25.0 Å². The smallest absolute Gasteiger partial charge is 0.237 e. The van der Waals surface area contributed by atoms with Gasteiger partial charge in [-0.2, -0.15) is 0 Å². The Hall–Kier alpha value is -1.92. The summed E-state index contributed by atoms with van der Waals surface area (Å²) in [5, 5.41) is 15.2. The molecule has 106 valence electrons. The second-order valence-corrected chi connectivity index (χ2v) is 5.09. The summed E-state index contributed by atoms with van der Waals surface area (Å²) in [6.45, 7) is 1.02. The van der Waals surface area contributed by atoms with Gasteiger partial charge in [-0.15, -0.1) is 0 Å². The van der Waals surface area contributed by atoms with Crippen LogP contribution in [-0.4, -0.2) is 46.2 Å². The van der Waals surface area contributed by atoms with E-state index in [-0.39, 0.29) is 11.9 Å². The molecule has 1 aromatic heterocycles. The van der Waals surface area contributed by atoms with Gasteiger partial charge in [0.05, 0.1) is 23.2 Å². The number of H-pyrrole nitrogens is 1. The average Bonchev–Trinajstić information content (AvgIpc) is 3.04. The highest BCUT2D eigenvalue weighted by molar-refractivity contribution is 5.82. The fraction of sp³-hybridized carbons (Fsp3) is 0.429. The third kappa shape index (κ3) is 2.81. The van der Waals surface area contributed by atoms with Crippen molar-refractivity contribution in [1.29, 1.82) is 0 Å². The summed E-state index contributed by atoms with van der Waals surface area (Å²) in [6.07, 6.45) is 0.729. The molecule has 3 rings (SSSR count). The van der Waals surface area contributed by atoms with E-state index in [2.05, 4.69) is 20.6 Å². The van der Waals surface area contributed by atoms with Crippen LogP contribution in [0.15, 0.2) is 24.3 Å². The summed E-state index contributed by atoms with van der Waals surface area (Å²) in [6, 6.07) is 7.57. The lowest BCUT2D eigenvalue weighted by molar-refractivity contribution is -0.122. The number of aromatic nitrogens is 2. The monoisotopic (exact) mass is 274 g/mol. The van der Waals surface area contributed by atoms with Crippen molar-refractivity contribution in [2.24, 2.45) is 0 Å². The van der Waals surface area contributed by atoms with Gasteiger partial charge in [-0.05, 0) is 18.6 Å². The first kappa shape index (κ1) is 13.1. The number of hydrogen-bond acceptors (Lipinski definition) is 4. The van der Waals surface area contributed by atoms with Crippen molar-refractivity contribution in [3.05, 3.63) is 30.1 Å². The van der Waals surface area contributed by atoms with E-state index in [4.69, 9.17) is 0 Å². The Kier molecular flexibility index (Phi) is 3.66. The van der Waals surface area contributed by atoms with E-state index >= 15 is 0 Å². The standard InChI is InChI=1S/C14H18N4O2/c19-9-7-12(16-8-9)14(20)15-6-5-13-17-10-3-1-2-4-11(10)18-13/h1-4,9,12,16,19H,5-8H2,(H,15,20)(H,17,18)/t9-,12-/m1/s1. The minimum absolute atomic E-state index is 0.0577. The Bertz CT molecular complexity index is 577. The number of aliphatic hydroxyl groups excluding tert-OH is 1. The molecular weight excluding hydrogens is 256 g/mol. The number of fused-ring (bicyclic) bond motifs is 1. The average molecular weight is 274 g/mol. The lowest BCUT2D eigenvalue weighted by Gasteiger charge is -2.10. The van der Waals surface area contributed by atoms with Crippen LogP contribution in [0.4, 0.5) is 0 Å². The number of imidazole rings is 1. The lowest BCUT2D eigenvalue weighted by atomic mass is 10.2. The highest BCUT2D eigenvalue weighted by atomic mass is 16.3. The van der Waals surface area contributed by atoms with Gasteiger partial charge in [-0.25, -0.2) is 4.98 Å². The van der Waals surface area contributed by atoms with Crippen molar-refractivity contribution in [1.82, 2.24) is 20.6 Å². The van der Waals surface area contributed by atoms with Crippen LogP contribution in [-0.2, 0) is 11.2 Å². The number of aliphatic hydroxyl groups is 1. The van der Waals surface area contributed by atoms with Gasteiger partial charge in [0.25, 0.3) is 0 Å². The third-order valence-corrected chi connectivity index (χ3v) is 3.52. The lowest BCUT2D eigenvalue weighted by Crippen LogP contribution is -2.41. The van der Waals surface area contributed by atoms with E-state index in [1.165, 1.54) is 0 Å². The predicted molar refractivity (Wildman–Crippen MR) is 75.2 cm³/mol. The minimum Gasteiger partial charge on any atom is -0.392 e. The van der Waals surface area contributed by atoms with Crippen molar-refractivity contribution in [2.75, 3.05) is 13.1 Å². The maximum Gasteiger partial charge on any atom is 0.237 e. The topological polar surface area (TPSA) is 90.0 Å². The Morgan fingerprint density at radius 3 is 3.05 bits per heavy atom. The molecule has 0 spiro atoms. The number of rotatable bonds is 4. The highest BCUT2D eigenvalue weighted by Crippen LogP contribution is 2.10. The number of benzene rings is 1. The second kappa shape index (κ2) is 5.60. The summed E-state index contributed by atoms with van der Waals surface area (Å²) in [5.41, 5.74) is 1.95. The van der Waals surface area contributed by atoms with E-state index in [1.807, 2.05) is 24.3 Å². The quantitative estimate of drug-likeness (QED) is 0.629. The van der Waals surface area contributed by atoms with Crippen molar-refractivity contribution >= 4 is 16.9 Å². The summed E-state index contributed by atoms with van der Waals surface area (Å²) < 4.78 is 0. The third-order valence-electron chi connectivity index (χ3n) is 3.52. The predicted octanol–water partition coefficient (Wildman–Crippen LogP) is -0.0556. The number of nitrogens with zero attached hydrogens (tertiary/aromatic N) is 1. The van der Waals surface area contributed by atoms with Gasteiger partial charge in [0.1, 0.15) is 5.82 Å². The molecule has 2 heterocycles. The largest absolute Gasteiger partial charge is 0.392 e. The number of aromatic amines is 1. The summed E-state index contributed by atoms with van der Waals surface area (Å²) in [7, 11) is 0. The van der Waals surface area contributed by atoms with E-state index in [0.29, 0.717) is 25.9 Å². The van der Waals surface area contributed by atoms with E-state index in [1.54, 1.807) is 0 Å². The molecule has 0 saturated carbocycles. The van der Waals surface area contributed by atoms with Crippen LogP contribution in [0.1, 0.15) is 12.2 Å². The summed E-state index contributed by atoms with van der Waals surface area (Å²) >= 11 is 0. The number of hydrogen-bond donors (Lipinski definition) is 4. The summed E-state index contributed by atoms with van der Waals surface area (Å²) in [4.78, 5) is 19.5. The molecular formula is C14H18N4O2. The molecule has 0 radical (unpaired) electrons. The van der Waals surface area contributed by atoms with Gasteiger partial charge in [-0.3, -0.25) is 4.79 Å². The van der Waals surface area contributed by atoms with Crippen LogP contribution in [0.2, 0.25) is 0 Å². The Balaban J connectivity index is 1.51. The van der Waals surface area contributed by atoms with E-state index in [9.17, 15) is 9.90 Å². The molecule has 6 heteroatoms. The number of carbonyl (C=O) groups is 1. The maximum absolute atomic E-state index is 11.8. The van der Waals surface area contributed by atoms with E-state index in [0.717, 1.165) is 16.9 Å². The fourth-order valence-electron chi connectivity index (χ4n) is 2.47. The summed E-state index contributed by atoms with van der Waals surface area (Å²) in [5.74, 6) is 0.809. The molecule has 4 N–H and O–H groups in total. The normalized spacial score (nSPS) is 22.2. The first-order valence-corrected chi connectivity index (χ1v) is 6.85. The van der Waals surface area contributed by atoms with Gasteiger partial charge < -0.3 is 20.7 Å². The van der Waals surface area contributed by atoms with Crippen molar-refractivity contribution < 1.29 is 9.90 Å². The molecule has 2 atom stereocenters. The first-order chi connectivity index (χ1) is 9.72. The van der Waals surface area contributed by atoms with Gasteiger partial charge in [0.15, 0.2) is 0 Å². The molecule has 20 heavy (non-hydrogen) atoms. The molecule has 1 saturated heterocycles. The maximum atomic E-state index is 11.8. The molecule has 1 aromatic carbocycles. The molecule has 1 amide bonds. The molecule has 1 aliphatic rings. The zero-order chi connectivity index (χ0) is 13.9. The van der Waals surface area contributed by atoms with Gasteiger partial charge in [0, 0.05) is 19.5 Å². The Morgan fingerprint density at radius 2 is 2.30 bits per heavy atom. The van der Waals surface area contributed by atoms with Crippen LogP contribution < -0.4 is 10.6 Å². The number of carbonyl (C=O) groups excluding carboxylic acids is 1. The van der Waals surface area contributed by atoms with Crippen LogP contribution >= 0.6 is 0 Å². The Labute approximate surface area is 116 Å². The molecule has 0 bridgehead atoms. The van der Waals surface area contributed by atoms with Gasteiger partial charge >= 0.3 is 0 Å². The van der Waals surface area contributed by atoms with E-state index < -0.39 is 6.10 Å². The molecule has 1 aliphatic heterocycles. The Morgan fingerprint density at radius 1 is 1.45 bits per heavy atom. The second-order valence-electron chi connectivity index (χ2n) is 5.09. The van der Waals surface area contributed by atoms with Crippen LogP contribution in [0, 0.1) is 0 Å². The number of nitrogens with one attached hydrogen (secondary N) is 3. The van der Waals surface area contributed by atoms with Gasteiger partial charge in [0.2, 0.25) is 5.91 Å². The first-order valence-electron chi connectivity index (χ1n) is 6.85.